The predicted octanol–water partition coefficient (Wildman–Crippen LogP) is 2.89. The van der Waals surface area contributed by atoms with Crippen LogP contribution in [0.3, 0.4) is 0 Å². The summed E-state index contributed by atoms with van der Waals surface area (Å²) in [6.07, 6.45) is 2.59. The van der Waals surface area contributed by atoms with Gasteiger partial charge in [0.1, 0.15) is 11.8 Å². The lowest BCUT2D eigenvalue weighted by atomic mass is 9.75. The Morgan fingerprint density at radius 3 is 2.62 bits per heavy atom. The van der Waals surface area contributed by atoms with Gasteiger partial charge < -0.3 is 25.0 Å². The number of aromatic amines is 1. The minimum atomic E-state index is -0.967. The van der Waals surface area contributed by atoms with Crippen LogP contribution in [0, 0.1) is 5.41 Å². The highest BCUT2D eigenvalue weighted by Crippen LogP contribution is 2.44. The van der Waals surface area contributed by atoms with Crippen LogP contribution in [0.25, 0.3) is 11.1 Å². The van der Waals surface area contributed by atoms with Gasteiger partial charge in [-0.1, -0.05) is 18.2 Å². The van der Waals surface area contributed by atoms with Gasteiger partial charge in [0.05, 0.1) is 18.7 Å². The molecule has 0 bridgehead atoms. The predicted molar refractivity (Wildman–Crippen MR) is 119 cm³/mol. The normalized spacial score (nSPS) is 19.2. The van der Waals surface area contributed by atoms with Crippen LogP contribution < -0.4 is 15.0 Å². The zero-order chi connectivity index (χ0) is 22.3. The summed E-state index contributed by atoms with van der Waals surface area (Å²) in [5, 5.41) is 19.5. The Kier molecular flexibility index (Phi) is 4.73. The lowest BCUT2D eigenvalue weighted by Gasteiger charge is -2.48. The van der Waals surface area contributed by atoms with Crippen molar-refractivity contribution in [1.82, 2.24) is 15.1 Å². The number of anilines is 2. The van der Waals surface area contributed by atoms with Gasteiger partial charge in [0.2, 0.25) is 5.91 Å². The fourth-order valence-corrected chi connectivity index (χ4v) is 4.59. The van der Waals surface area contributed by atoms with Gasteiger partial charge in [0, 0.05) is 48.8 Å². The number of carboxylic acid groups (broad SMARTS) is 1. The van der Waals surface area contributed by atoms with Crippen LogP contribution in [0.5, 0.6) is 5.75 Å². The molecule has 9 heteroatoms. The van der Waals surface area contributed by atoms with Crippen LogP contribution in [-0.4, -0.2) is 65.0 Å². The second kappa shape index (κ2) is 7.60. The maximum atomic E-state index is 13.5. The summed E-state index contributed by atoms with van der Waals surface area (Å²) in [4.78, 5) is 28.0. The Morgan fingerprint density at radius 1 is 1.19 bits per heavy atom. The van der Waals surface area contributed by atoms with Crippen molar-refractivity contribution in [2.24, 2.45) is 5.41 Å². The first-order valence-corrected chi connectivity index (χ1v) is 10.3. The molecule has 1 spiro atoms. The van der Waals surface area contributed by atoms with E-state index in [-0.39, 0.29) is 5.91 Å². The molecule has 0 aliphatic carbocycles. The summed E-state index contributed by atoms with van der Waals surface area (Å²) in [5.74, 6) is 0.607. The van der Waals surface area contributed by atoms with Crippen LogP contribution in [0.15, 0.2) is 60.9 Å². The van der Waals surface area contributed by atoms with Crippen molar-refractivity contribution < 1.29 is 19.4 Å². The van der Waals surface area contributed by atoms with Gasteiger partial charge in [-0.05, 0) is 29.8 Å². The molecule has 2 aromatic carbocycles. The number of amides is 2. The van der Waals surface area contributed by atoms with E-state index in [0.717, 1.165) is 22.5 Å². The lowest BCUT2D eigenvalue weighted by Crippen LogP contribution is -2.65. The zero-order valence-corrected chi connectivity index (χ0v) is 17.5. The van der Waals surface area contributed by atoms with E-state index in [1.807, 2.05) is 54.7 Å². The number of H-pyrrole nitrogens is 1. The molecule has 2 saturated heterocycles. The van der Waals surface area contributed by atoms with Crippen LogP contribution in [0.1, 0.15) is 0 Å². The molecule has 1 unspecified atom stereocenters. The molecule has 2 aliphatic heterocycles. The van der Waals surface area contributed by atoms with Crippen molar-refractivity contribution in [3.8, 4) is 16.9 Å². The monoisotopic (exact) mass is 433 g/mol. The number of ether oxygens (including phenoxy) is 1. The molecule has 32 heavy (non-hydrogen) atoms. The van der Waals surface area contributed by atoms with Crippen molar-refractivity contribution in [1.29, 1.82) is 0 Å². The van der Waals surface area contributed by atoms with Gasteiger partial charge in [0.15, 0.2) is 0 Å². The average molecular weight is 433 g/mol. The SMILES string of the molecule is COc1cccc(NC2C(=O)N(c3ccc(-c4cn[nH]c4)cc3)CC23CN(C(=O)O)C3)c1. The van der Waals surface area contributed by atoms with Gasteiger partial charge in [-0.2, -0.15) is 5.10 Å². The van der Waals surface area contributed by atoms with E-state index in [1.165, 1.54) is 4.90 Å². The first-order chi connectivity index (χ1) is 15.5. The highest BCUT2D eigenvalue weighted by atomic mass is 16.5. The van der Waals surface area contributed by atoms with Crippen molar-refractivity contribution in [2.75, 3.05) is 37.0 Å². The Labute approximate surface area is 184 Å². The third-order valence-electron chi connectivity index (χ3n) is 6.27. The Balaban J connectivity index is 1.42. The molecule has 2 amide bonds. The van der Waals surface area contributed by atoms with Gasteiger partial charge >= 0.3 is 6.09 Å². The van der Waals surface area contributed by atoms with E-state index in [0.29, 0.717) is 25.4 Å². The fraction of sp³-hybridized carbons (Fsp3) is 0.261. The van der Waals surface area contributed by atoms with Crippen molar-refractivity contribution >= 4 is 23.4 Å². The first-order valence-electron chi connectivity index (χ1n) is 10.3. The number of hydrogen-bond acceptors (Lipinski definition) is 5. The van der Waals surface area contributed by atoms with Crippen LogP contribution in [0.4, 0.5) is 16.2 Å². The van der Waals surface area contributed by atoms with E-state index in [4.69, 9.17) is 4.74 Å². The molecule has 5 rings (SSSR count). The van der Waals surface area contributed by atoms with E-state index in [2.05, 4.69) is 15.5 Å². The van der Waals surface area contributed by atoms with Gasteiger partial charge in [0.25, 0.3) is 0 Å². The number of benzene rings is 2. The summed E-state index contributed by atoms with van der Waals surface area (Å²) in [6, 6.07) is 14.6. The Bertz CT molecular complexity index is 1140. The maximum absolute atomic E-state index is 13.5. The van der Waals surface area contributed by atoms with Gasteiger partial charge in [-0.25, -0.2) is 4.79 Å². The molecule has 2 aliphatic rings. The summed E-state index contributed by atoms with van der Waals surface area (Å²) < 4.78 is 5.29. The van der Waals surface area contributed by atoms with Crippen molar-refractivity contribution in [3.05, 3.63) is 60.9 Å². The van der Waals surface area contributed by atoms with E-state index >= 15 is 0 Å². The minimum absolute atomic E-state index is 0.0751. The number of likely N-dealkylation sites (tertiary alicyclic amines) is 1. The smallest absolute Gasteiger partial charge is 0.407 e. The van der Waals surface area contributed by atoms with Crippen LogP contribution in [-0.2, 0) is 4.79 Å². The first kappa shape index (κ1) is 19.9. The molecule has 0 saturated carbocycles. The zero-order valence-electron chi connectivity index (χ0n) is 17.5. The Morgan fingerprint density at radius 2 is 1.97 bits per heavy atom. The van der Waals surface area contributed by atoms with Crippen molar-refractivity contribution in [2.45, 2.75) is 6.04 Å². The van der Waals surface area contributed by atoms with Crippen LogP contribution >= 0.6 is 0 Å². The number of carbonyl (C=O) groups excluding carboxylic acids is 1. The fourth-order valence-electron chi connectivity index (χ4n) is 4.59. The molecule has 2 fully saturated rings. The molecular weight excluding hydrogens is 410 g/mol. The van der Waals surface area contributed by atoms with Gasteiger partial charge in [-0.3, -0.25) is 9.89 Å². The molecule has 0 radical (unpaired) electrons. The molecule has 1 atom stereocenters. The maximum Gasteiger partial charge on any atom is 0.407 e. The molecule has 3 heterocycles. The third-order valence-corrected chi connectivity index (χ3v) is 6.27. The number of methoxy groups -OCH3 is 1. The average Bonchev–Trinajstić information content (AvgIpc) is 3.41. The second-order valence-corrected chi connectivity index (χ2v) is 8.27. The molecule has 3 N–H and O–H groups in total. The van der Waals surface area contributed by atoms with Crippen LogP contribution in [0.2, 0.25) is 0 Å². The molecule has 1 aromatic heterocycles. The summed E-state index contributed by atoms with van der Waals surface area (Å²) in [7, 11) is 1.59. The number of hydrogen-bond donors (Lipinski definition) is 3. The number of carbonyl (C=O) groups is 2. The summed E-state index contributed by atoms with van der Waals surface area (Å²) in [5.41, 5.74) is 3.00. The highest BCUT2D eigenvalue weighted by Gasteiger charge is 2.60. The standard InChI is InChI=1S/C23H23N5O4/c1-32-19-4-2-3-17(9-19)26-20-21(29)28(14-23(20)12-27(13-23)22(30)31)18-7-5-15(6-8-18)16-10-24-25-11-16/h2-11,20,26H,12-14H2,1H3,(H,24,25)(H,30,31). The quantitative estimate of drug-likeness (QED) is 0.571. The molecule has 9 nitrogen and oxygen atoms in total. The second-order valence-electron chi connectivity index (χ2n) is 8.27. The number of rotatable bonds is 5. The third kappa shape index (κ3) is 3.31. The molecule has 164 valence electrons. The van der Waals surface area contributed by atoms with Gasteiger partial charge in [-0.15, -0.1) is 0 Å². The topological polar surface area (TPSA) is 111 Å². The summed E-state index contributed by atoms with van der Waals surface area (Å²) >= 11 is 0. The Hall–Kier alpha value is -4.01. The summed E-state index contributed by atoms with van der Waals surface area (Å²) in [6.45, 7) is 1.06. The number of aromatic nitrogens is 2. The number of nitrogens with one attached hydrogen (secondary N) is 2. The molecular formula is C23H23N5O4. The van der Waals surface area contributed by atoms with E-state index in [1.54, 1.807) is 18.2 Å². The van der Waals surface area contributed by atoms with E-state index < -0.39 is 17.6 Å². The lowest BCUT2D eigenvalue weighted by molar-refractivity contribution is -0.119. The minimum Gasteiger partial charge on any atom is -0.497 e. The largest absolute Gasteiger partial charge is 0.497 e. The highest BCUT2D eigenvalue weighted by molar-refractivity contribution is 6.03. The van der Waals surface area contributed by atoms with E-state index in [9.17, 15) is 14.7 Å². The van der Waals surface area contributed by atoms with Crippen molar-refractivity contribution in [3.63, 3.8) is 0 Å². The number of nitrogens with zero attached hydrogens (tertiary/aromatic N) is 3. The molecule has 3 aromatic rings.